The molecule has 20 heavy (non-hydrogen) atoms. The Balaban J connectivity index is 1.91. The Morgan fingerprint density at radius 2 is 2.05 bits per heavy atom. The first-order valence-electron chi connectivity index (χ1n) is 7.05. The third-order valence-electron chi connectivity index (χ3n) is 3.82. The van der Waals surface area contributed by atoms with Crippen LogP contribution in [0.2, 0.25) is 0 Å². The van der Waals surface area contributed by atoms with Gasteiger partial charge >= 0.3 is 0 Å². The van der Waals surface area contributed by atoms with Crippen LogP contribution < -0.4 is 5.32 Å². The molecule has 1 aliphatic rings. The Kier molecular flexibility index (Phi) is 4.81. The molecule has 0 saturated carbocycles. The van der Waals surface area contributed by atoms with Crippen molar-refractivity contribution in [3.63, 3.8) is 0 Å². The van der Waals surface area contributed by atoms with Crippen molar-refractivity contribution in [1.82, 2.24) is 5.32 Å². The molecular weight excluding hydrogens is 274 g/mol. The Labute approximate surface area is 120 Å². The van der Waals surface area contributed by atoms with Crippen molar-refractivity contribution in [2.45, 2.75) is 25.7 Å². The molecule has 0 aliphatic carbocycles. The lowest BCUT2D eigenvalue weighted by atomic mass is 9.95. The Bertz CT molecular complexity index is 554. The summed E-state index contributed by atoms with van der Waals surface area (Å²) in [6.45, 7) is 2.44. The van der Waals surface area contributed by atoms with Crippen LogP contribution in [-0.4, -0.2) is 32.4 Å². The quantitative estimate of drug-likeness (QED) is 0.900. The van der Waals surface area contributed by atoms with Crippen LogP contribution in [0.1, 0.15) is 31.2 Å². The molecular formula is C15H21NO3S. The van der Waals surface area contributed by atoms with Crippen molar-refractivity contribution < 1.29 is 13.2 Å². The molecule has 0 spiro atoms. The summed E-state index contributed by atoms with van der Waals surface area (Å²) < 4.78 is 22.8. The number of benzene rings is 1. The lowest BCUT2D eigenvalue weighted by Crippen LogP contribution is -2.33. The maximum absolute atomic E-state index is 12.2. The van der Waals surface area contributed by atoms with Gasteiger partial charge in [0.2, 0.25) is 5.91 Å². The largest absolute Gasteiger partial charge is 0.355 e. The van der Waals surface area contributed by atoms with Gasteiger partial charge in [0.15, 0.2) is 9.84 Å². The first-order chi connectivity index (χ1) is 9.52. The highest BCUT2D eigenvalue weighted by atomic mass is 32.2. The summed E-state index contributed by atoms with van der Waals surface area (Å²) in [6, 6.07) is 9.68. The predicted molar refractivity (Wildman–Crippen MR) is 79.2 cm³/mol. The van der Waals surface area contributed by atoms with Gasteiger partial charge in [-0.25, -0.2) is 8.42 Å². The number of carbonyl (C=O) groups is 1. The van der Waals surface area contributed by atoms with E-state index in [2.05, 4.69) is 5.32 Å². The van der Waals surface area contributed by atoms with E-state index < -0.39 is 9.84 Å². The Morgan fingerprint density at radius 1 is 1.35 bits per heavy atom. The monoisotopic (exact) mass is 295 g/mol. The highest BCUT2D eigenvalue weighted by Gasteiger charge is 2.28. The zero-order valence-corrected chi connectivity index (χ0v) is 12.5. The summed E-state index contributed by atoms with van der Waals surface area (Å²) in [5.74, 6) is 0.355. The van der Waals surface area contributed by atoms with E-state index >= 15 is 0 Å². The molecule has 0 radical (unpaired) electrons. The average molecular weight is 295 g/mol. The minimum atomic E-state index is -2.87. The molecule has 1 heterocycles. The van der Waals surface area contributed by atoms with Gasteiger partial charge < -0.3 is 5.32 Å². The van der Waals surface area contributed by atoms with E-state index in [0.29, 0.717) is 13.0 Å². The van der Waals surface area contributed by atoms with Crippen molar-refractivity contribution in [2.24, 2.45) is 5.92 Å². The molecule has 110 valence electrons. The molecule has 2 rings (SSSR count). The van der Waals surface area contributed by atoms with Crippen molar-refractivity contribution >= 4 is 15.7 Å². The molecule has 1 fully saturated rings. The maximum atomic E-state index is 12.2. The molecule has 1 saturated heterocycles. The van der Waals surface area contributed by atoms with Crippen LogP contribution >= 0.6 is 0 Å². The first-order valence-corrected chi connectivity index (χ1v) is 8.87. The molecule has 0 bridgehead atoms. The standard InChI is InChI=1S/C15H21NO3S/c1-2-14(13-6-4-3-5-7-13)15(17)16-10-12-8-9-20(18,19)11-12/h3-7,12,14H,2,8-11H2,1H3,(H,16,17). The van der Waals surface area contributed by atoms with Gasteiger partial charge in [0, 0.05) is 6.54 Å². The maximum Gasteiger partial charge on any atom is 0.227 e. The molecule has 1 aliphatic heterocycles. The Hall–Kier alpha value is -1.36. The van der Waals surface area contributed by atoms with Gasteiger partial charge in [-0.2, -0.15) is 0 Å². The Morgan fingerprint density at radius 3 is 2.60 bits per heavy atom. The number of nitrogens with one attached hydrogen (secondary N) is 1. The average Bonchev–Trinajstić information content (AvgIpc) is 2.78. The summed E-state index contributed by atoms with van der Waals surface area (Å²) >= 11 is 0. The molecule has 1 N–H and O–H groups in total. The van der Waals surface area contributed by atoms with Crippen LogP contribution in [0.25, 0.3) is 0 Å². The molecule has 0 aromatic heterocycles. The topological polar surface area (TPSA) is 63.2 Å². The second kappa shape index (κ2) is 6.39. The molecule has 2 atom stereocenters. The predicted octanol–water partition coefficient (Wildman–Crippen LogP) is 1.73. The van der Waals surface area contributed by atoms with E-state index in [-0.39, 0.29) is 29.2 Å². The van der Waals surface area contributed by atoms with Gasteiger partial charge in [-0.1, -0.05) is 37.3 Å². The van der Waals surface area contributed by atoms with E-state index in [9.17, 15) is 13.2 Å². The molecule has 4 nitrogen and oxygen atoms in total. The van der Waals surface area contributed by atoms with Crippen molar-refractivity contribution in [1.29, 1.82) is 0 Å². The van der Waals surface area contributed by atoms with Crippen molar-refractivity contribution in [3.8, 4) is 0 Å². The minimum Gasteiger partial charge on any atom is -0.355 e. The number of hydrogen-bond donors (Lipinski definition) is 1. The number of sulfone groups is 1. The summed E-state index contributed by atoms with van der Waals surface area (Å²) in [5.41, 5.74) is 1.01. The normalized spacial score (nSPS) is 22.4. The van der Waals surface area contributed by atoms with E-state index in [0.717, 1.165) is 12.0 Å². The smallest absolute Gasteiger partial charge is 0.227 e. The fourth-order valence-corrected chi connectivity index (χ4v) is 4.52. The van der Waals surface area contributed by atoms with Crippen LogP contribution in [0.3, 0.4) is 0 Å². The highest BCUT2D eigenvalue weighted by molar-refractivity contribution is 7.91. The third kappa shape index (κ3) is 3.82. The van der Waals surface area contributed by atoms with Crippen LogP contribution in [0.15, 0.2) is 30.3 Å². The van der Waals surface area contributed by atoms with Gasteiger partial charge in [0.05, 0.1) is 17.4 Å². The summed E-state index contributed by atoms with van der Waals surface area (Å²) in [5, 5.41) is 2.91. The summed E-state index contributed by atoms with van der Waals surface area (Å²) in [6.07, 6.45) is 1.39. The van der Waals surface area contributed by atoms with Crippen LogP contribution in [-0.2, 0) is 14.6 Å². The zero-order chi connectivity index (χ0) is 14.6. The number of amides is 1. The number of rotatable bonds is 5. The van der Waals surface area contributed by atoms with E-state index in [1.165, 1.54) is 0 Å². The first kappa shape index (κ1) is 15.0. The van der Waals surface area contributed by atoms with Gasteiger partial charge in [0.1, 0.15) is 0 Å². The fourth-order valence-electron chi connectivity index (χ4n) is 2.66. The van der Waals surface area contributed by atoms with Gasteiger partial charge in [0.25, 0.3) is 0 Å². The van der Waals surface area contributed by atoms with E-state index in [4.69, 9.17) is 0 Å². The molecule has 1 aromatic rings. The lowest BCUT2D eigenvalue weighted by molar-refractivity contribution is -0.122. The molecule has 5 heteroatoms. The van der Waals surface area contributed by atoms with Gasteiger partial charge in [-0.3, -0.25) is 4.79 Å². The second-order valence-corrected chi connectivity index (χ2v) is 7.61. The molecule has 2 unspecified atom stereocenters. The fraction of sp³-hybridized carbons (Fsp3) is 0.533. The molecule has 1 aromatic carbocycles. The highest BCUT2D eigenvalue weighted by Crippen LogP contribution is 2.21. The van der Waals surface area contributed by atoms with Crippen molar-refractivity contribution in [3.05, 3.63) is 35.9 Å². The van der Waals surface area contributed by atoms with Gasteiger partial charge in [-0.05, 0) is 24.3 Å². The lowest BCUT2D eigenvalue weighted by Gasteiger charge is -2.17. The minimum absolute atomic E-state index is 0.0111. The van der Waals surface area contributed by atoms with E-state index in [1.807, 2.05) is 37.3 Å². The van der Waals surface area contributed by atoms with Crippen molar-refractivity contribution in [2.75, 3.05) is 18.1 Å². The summed E-state index contributed by atoms with van der Waals surface area (Å²) in [4.78, 5) is 12.2. The zero-order valence-electron chi connectivity index (χ0n) is 11.7. The number of carbonyl (C=O) groups excluding carboxylic acids is 1. The molecule has 1 amide bonds. The van der Waals surface area contributed by atoms with Crippen LogP contribution in [0.4, 0.5) is 0 Å². The second-order valence-electron chi connectivity index (χ2n) is 5.39. The number of hydrogen-bond acceptors (Lipinski definition) is 3. The third-order valence-corrected chi connectivity index (χ3v) is 5.66. The van der Waals surface area contributed by atoms with Gasteiger partial charge in [-0.15, -0.1) is 0 Å². The van der Waals surface area contributed by atoms with Crippen LogP contribution in [0.5, 0.6) is 0 Å². The van der Waals surface area contributed by atoms with E-state index in [1.54, 1.807) is 0 Å². The summed E-state index contributed by atoms with van der Waals surface area (Å²) in [7, 11) is -2.87. The SMILES string of the molecule is CCC(C(=O)NCC1CCS(=O)(=O)C1)c1ccccc1. The van der Waals surface area contributed by atoms with Crippen LogP contribution in [0, 0.1) is 5.92 Å².